The molecule has 16 heavy (non-hydrogen) atoms. The van der Waals surface area contributed by atoms with Crippen LogP contribution >= 0.6 is 0 Å². The third-order valence-corrected chi connectivity index (χ3v) is 3.21. The standard InChI is InChI=1S/C13H30N2O/c1-6-7-8-9-15(12(2)3)13(4,10-14)11-16-5/h12H,6-11,14H2,1-5H3. The first-order valence-corrected chi connectivity index (χ1v) is 6.47. The van der Waals surface area contributed by atoms with Crippen LogP contribution in [0.25, 0.3) is 0 Å². The van der Waals surface area contributed by atoms with Crippen LogP contribution in [-0.2, 0) is 4.74 Å². The van der Waals surface area contributed by atoms with Crippen LogP contribution in [0.4, 0.5) is 0 Å². The Morgan fingerprint density at radius 1 is 1.31 bits per heavy atom. The molecule has 0 rings (SSSR count). The highest BCUT2D eigenvalue weighted by Crippen LogP contribution is 2.19. The van der Waals surface area contributed by atoms with Crippen LogP contribution < -0.4 is 5.73 Å². The van der Waals surface area contributed by atoms with Gasteiger partial charge in [-0.05, 0) is 33.7 Å². The van der Waals surface area contributed by atoms with E-state index in [0.29, 0.717) is 19.2 Å². The van der Waals surface area contributed by atoms with Gasteiger partial charge >= 0.3 is 0 Å². The molecule has 0 spiro atoms. The second kappa shape index (κ2) is 8.04. The summed E-state index contributed by atoms with van der Waals surface area (Å²) in [4.78, 5) is 2.48. The molecule has 0 bridgehead atoms. The number of nitrogens with zero attached hydrogens (tertiary/aromatic N) is 1. The summed E-state index contributed by atoms with van der Waals surface area (Å²) in [7, 11) is 1.75. The van der Waals surface area contributed by atoms with Crippen LogP contribution in [0, 0.1) is 0 Å². The molecule has 0 saturated heterocycles. The number of hydrogen-bond donors (Lipinski definition) is 1. The van der Waals surface area contributed by atoms with E-state index in [1.165, 1.54) is 19.3 Å². The molecule has 0 heterocycles. The number of hydrogen-bond acceptors (Lipinski definition) is 3. The minimum Gasteiger partial charge on any atom is -0.383 e. The van der Waals surface area contributed by atoms with E-state index in [9.17, 15) is 0 Å². The van der Waals surface area contributed by atoms with E-state index in [1.54, 1.807) is 7.11 Å². The zero-order chi connectivity index (χ0) is 12.6. The molecule has 0 radical (unpaired) electrons. The molecule has 0 fully saturated rings. The molecule has 0 aliphatic heterocycles. The molecule has 1 unspecified atom stereocenters. The lowest BCUT2D eigenvalue weighted by atomic mass is 9.98. The summed E-state index contributed by atoms with van der Waals surface area (Å²) in [5.74, 6) is 0. The summed E-state index contributed by atoms with van der Waals surface area (Å²) in [5.41, 5.74) is 5.88. The Labute approximate surface area is 101 Å². The van der Waals surface area contributed by atoms with Crippen LogP contribution in [0.15, 0.2) is 0 Å². The quantitative estimate of drug-likeness (QED) is 0.617. The topological polar surface area (TPSA) is 38.5 Å². The van der Waals surface area contributed by atoms with E-state index in [0.717, 1.165) is 6.54 Å². The van der Waals surface area contributed by atoms with Gasteiger partial charge in [0.05, 0.1) is 12.1 Å². The van der Waals surface area contributed by atoms with Gasteiger partial charge in [0.1, 0.15) is 0 Å². The molecule has 98 valence electrons. The normalized spacial score (nSPS) is 15.8. The Bertz CT molecular complexity index is 173. The Balaban J connectivity index is 4.46. The van der Waals surface area contributed by atoms with Gasteiger partial charge < -0.3 is 10.5 Å². The highest BCUT2D eigenvalue weighted by Gasteiger charge is 2.31. The smallest absolute Gasteiger partial charge is 0.0656 e. The molecule has 3 heteroatoms. The molecular formula is C13H30N2O. The van der Waals surface area contributed by atoms with E-state index < -0.39 is 0 Å². The maximum absolute atomic E-state index is 5.91. The maximum Gasteiger partial charge on any atom is 0.0656 e. The van der Waals surface area contributed by atoms with Gasteiger partial charge in [0.15, 0.2) is 0 Å². The number of unbranched alkanes of at least 4 members (excludes halogenated alkanes) is 2. The molecule has 0 aromatic rings. The zero-order valence-electron chi connectivity index (χ0n) is 11.8. The van der Waals surface area contributed by atoms with Crippen molar-refractivity contribution in [1.82, 2.24) is 4.90 Å². The molecule has 2 N–H and O–H groups in total. The minimum atomic E-state index is -0.0311. The van der Waals surface area contributed by atoms with Gasteiger partial charge in [-0.15, -0.1) is 0 Å². The van der Waals surface area contributed by atoms with Crippen molar-refractivity contribution in [3.63, 3.8) is 0 Å². The fraction of sp³-hybridized carbons (Fsp3) is 1.00. The Kier molecular flexibility index (Phi) is 7.98. The third kappa shape index (κ3) is 4.81. The highest BCUT2D eigenvalue weighted by atomic mass is 16.5. The molecule has 0 saturated carbocycles. The first-order chi connectivity index (χ1) is 7.51. The van der Waals surface area contributed by atoms with Crippen molar-refractivity contribution in [3.05, 3.63) is 0 Å². The van der Waals surface area contributed by atoms with Gasteiger partial charge in [-0.1, -0.05) is 19.8 Å². The van der Waals surface area contributed by atoms with Crippen molar-refractivity contribution in [2.75, 3.05) is 26.8 Å². The predicted molar refractivity (Wildman–Crippen MR) is 70.7 cm³/mol. The number of rotatable bonds is 9. The Hall–Kier alpha value is -0.120. The molecule has 3 nitrogen and oxygen atoms in total. The largest absolute Gasteiger partial charge is 0.383 e. The van der Waals surface area contributed by atoms with Gasteiger partial charge in [0, 0.05) is 19.7 Å². The summed E-state index contributed by atoms with van der Waals surface area (Å²) < 4.78 is 5.31. The van der Waals surface area contributed by atoms with Crippen LogP contribution in [0.1, 0.15) is 47.0 Å². The molecule has 0 aromatic heterocycles. The Morgan fingerprint density at radius 3 is 2.31 bits per heavy atom. The lowest BCUT2D eigenvalue weighted by Crippen LogP contribution is -2.57. The SMILES string of the molecule is CCCCCN(C(C)C)C(C)(CN)COC. The van der Waals surface area contributed by atoms with Gasteiger partial charge in [-0.3, -0.25) is 4.90 Å². The van der Waals surface area contributed by atoms with Crippen LogP contribution in [0.5, 0.6) is 0 Å². The second-order valence-electron chi connectivity index (χ2n) is 5.13. The van der Waals surface area contributed by atoms with Gasteiger partial charge in [-0.2, -0.15) is 0 Å². The average Bonchev–Trinajstić information content (AvgIpc) is 2.24. The molecule has 0 aliphatic carbocycles. The molecule has 1 atom stereocenters. The van der Waals surface area contributed by atoms with E-state index in [2.05, 4.69) is 32.6 Å². The van der Waals surface area contributed by atoms with Crippen molar-refractivity contribution in [2.24, 2.45) is 5.73 Å². The number of nitrogens with two attached hydrogens (primary N) is 1. The first kappa shape index (κ1) is 15.9. The lowest BCUT2D eigenvalue weighted by molar-refractivity contribution is 0.00664. The van der Waals surface area contributed by atoms with Crippen LogP contribution in [0.2, 0.25) is 0 Å². The van der Waals surface area contributed by atoms with Crippen molar-refractivity contribution >= 4 is 0 Å². The summed E-state index contributed by atoms with van der Waals surface area (Å²) in [5, 5.41) is 0. The molecule has 0 aliphatic rings. The van der Waals surface area contributed by atoms with E-state index >= 15 is 0 Å². The van der Waals surface area contributed by atoms with Gasteiger partial charge in [-0.25, -0.2) is 0 Å². The summed E-state index contributed by atoms with van der Waals surface area (Å²) in [6, 6.07) is 0.514. The van der Waals surface area contributed by atoms with Crippen molar-refractivity contribution in [1.29, 1.82) is 0 Å². The van der Waals surface area contributed by atoms with Crippen LogP contribution in [-0.4, -0.2) is 43.3 Å². The monoisotopic (exact) mass is 230 g/mol. The third-order valence-electron chi connectivity index (χ3n) is 3.21. The lowest BCUT2D eigenvalue weighted by Gasteiger charge is -2.43. The zero-order valence-corrected chi connectivity index (χ0v) is 11.8. The number of methoxy groups -OCH3 is 1. The number of ether oxygens (including phenoxy) is 1. The molecular weight excluding hydrogens is 200 g/mol. The molecule has 0 amide bonds. The summed E-state index contributed by atoms with van der Waals surface area (Å²) >= 11 is 0. The highest BCUT2D eigenvalue weighted by molar-refractivity contribution is 4.89. The van der Waals surface area contributed by atoms with Gasteiger partial charge in [0.2, 0.25) is 0 Å². The first-order valence-electron chi connectivity index (χ1n) is 6.47. The van der Waals surface area contributed by atoms with Crippen molar-refractivity contribution in [2.45, 2.75) is 58.5 Å². The predicted octanol–water partition coefficient (Wildman–Crippen LogP) is 2.25. The minimum absolute atomic E-state index is 0.0311. The van der Waals surface area contributed by atoms with Crippen molar-refractivity contribution in [3.8, 4) is 0 Å². The van der Waals surface area contributed by atoms with E-state index in [4.69, 9.17) is 10.5 Å². The maximum atomic E-state index is 5.91. The fourth-order valence-corrected chi connectivity index (χ4v) is 2.25. The molecule has 0 aromatic carbocycles. The van der Waals surface area contributed by atoms with E-state index in [-0.39, 0.29) is 5.54 Å². The van der Waals surface area contributed by atoms with Gasteiger partial charge in [0.25, 0.3) is 0 Å². The average molecular weight is 230 g/mol. The summed E-state index contributed by atoms with van der Waals surface area (Å²) in [6.45, 7) is 11.4. The van der Waals surface area contributed by atoms with E-state index in [1.807, 2.05) is 0 Å². The summed E-state index contributed by atoms with van der Waals surface area (Å²) in [6.07, 6.45) is 3.79. The van der Waals surface area contributed by atoms with Crippen LogP contribution in [0.3, 0.4) is 0 Å². The second-order valence-corrected chi connectivity index (χ2v) is 5.13. The Morgan fingerprint density at radius 2 is 1.94 bits per heavy atom. The fourth-order valence-electron chi connectivity index (χ4n) is 2.25. The van der Waals surface area contributed by atoms with Crippen molar-refractivity contribution < 1.29 is 4.74 Å².